The number of amides is 2. The van der Waals surface area contributed by atoms with E-state index in [1.165, 1.54) is 0 Å². The van der Waals surface area contributed by atoms with Gasteiger partial charge in [-0.2, -0.15) is 0 Å². The topological polar surface area (TPSA) is 75.9 Å². The van der Waals surface area contributed by atoms with E-state index in [9.17, 15) is 9.59 Å². The predicted molar refractivity (Wildman–Crippen MR) is 118 cm³/mol. The largest absolute Gasteiger partial charge is 0.496 e. The molecule has 1 fully saturated rings. The van der Waals surface area contributed by atoms with Crippen LogP contribution in [0.2, 0.25) is 0 Å². The van der Waals surface area contributed by atoms with Crippen molar-refractivity contribution in [2.75, 3.05) is 39.8 Å². The van der Waals surface area contributed by atoms with Gasteiger partial charge in [-0.05, 0) is 30.0 Å². The third kappa shape index (κ3) is 5.19. The average Bonchev–Trinajstić information content (AvgIpc) is 2.88. The van der Waals surface area contributed by atoms with Crippen LogP contribution in [0.15, 0.2) is 48.5 Å². The molecule has 1 unspecified atom stereocenters. The quantitative estimate of drug-likeness (QED) is 0.727. The fourth-order valence-corrected chi connectivity index (χ4v) is 4.21. The molecule has 2 aromatic carbocycles. The molecule has 1 heterocycles. The second kappa shape index (κ2) is 10.3. The Hall–Kier alpha value is -2.86. The van der Waals surface area contributed by atoms with Gasteiger partial charge in [-0.3, -0.25) is 14.5 Å². The summed E-state index contributed by atoms with van der Waals surface area (Å²) in [6.07, 6.45) is 1.51. The molecule has 30 heavy (non-hydrogen) atoms. The first kappa shape index (κ1) is 21.8. The normalized spacial score (nSPS) is 17.6. The summed E-state index contributed by atoms with van der Waals surface area (Å²) in [5.74, 6) is 0.368. The summed E-state index contributed by atoms with van der Waals surface area (Å²) in [6.45, 7) is 4.81. The summed E-state index contributed by atoms with van der Waals surface area (Å²) < 4.78 is 5.56. The molecule has 2 N–H and O–H groups in total. The molecular formula is C24H31N3O3. The minimum atomic E-state index is -0.362. The molecule has 0 radical (unpaired) electrons. The van der Waals surface area contributed by atoms with Crippen molar-refractivity contribution in [3.8, 4) is 16.9 Å². The van der Waals surface area contributed by atoms with Crippen molar-refractivity contribution in [1.82, 2.24) is 9.80 Å². The lowest BCUT2D eigenvalue weighted by Gasteiger charge is -2.24. The Morgan fingerprint density at radius 3 is 2.50 bits per heavy atom. The van der Waals surface area contributed by atoms with Crippen LogP contribution in [0.4, 0.5) is 0 Å². The average molecular weight is 410 g/mol. The fraction of sp³-hybridized carbons (Fsp3) is 0.417. The van der Waals surface area contributed by atoms with Crippen molar-refractivity contribution >= 4 is 11.8 Å². The molecule has 160 valence electrons. The van der Waals surface area contributed by atoms with Crippen LogP contribution >= 0.6 is 0 Å². The third-order valence-corrected chi connectivity index (χ3v) is 5.58. The Bertz CT molecular complexity index is 884. The number of benzene rings is 2. The summed E-state index contributed by atoms with van der Waals surface area (Å²) >= 11 is 0. The van der Waals surface area contributed by atoms with Gasteiger partial charge in [-0.1, -0.05) is 49.4 Å². The van der Waals surface area contributed by atoms with E-state index < -0.39 is 0 Å². The SMILES string of the molecule is CCCN1CCN(CC(N)=O)CC(Cc2ccccc2-c2ccccc2OC)C1=O. The van der Waals surface area contributed by atoms with Crippen LogP contribution in [-0.4, -0.2) is 61.4 Å². The lowest BCUT2D eigenvalue weighted by molar-refractivity contribution is -0.134. The smallest absolute Gasteiger partial charge is 0.231 e. The number of nitrogens with two attached hydrogens (primary N) is 1. The molecule has 1 atom stereocenters. The van der Waals surface area contributed by atoms with E-state index in [-0.39, 0.29) is 24.3 Å². The van der Waals surface area contributed by atoms with Gasteiger partial charge >= 0.3 is 0 Å². The summed E-state index contributed by atoms with van der Waals surface area (Å²) in [5.41, 5.74) is 8.61. The van der Waals surface area contributed by atoms with Crippen LogP contribution in [0.25, 0.3) is 11.1 Å². The van der Waals surface area contributed by atoms with Crippen molar-refractivity contribution in [1.29, 1.82) is 0 Å². The van der Waals surface area contributed by atoms with Crippen molar-refractivity contribution in [3.63, 3.8) is 0 Å². The number of rotatable bonds is 8. The summed E-state index contributed by atoms with van der Waals surface area (Å²) in [6, 6.07) is 16.1. The maximum Gasteiger partial charge on any atom is 0.231 e. The van der Waals surface area contributed by atoms with E-state index >= 15 is 0 Å². The molecule has 1 aliphatic heterocycles. The zero-order valence-electron chi connectivity index (χ0n) is 17.8. The van der Waals surface area contributed by atoms with E-state index in [1.54, 1.807) is 7.11 Å². The number of hydrogen-bond donors (Lipinski definition) is 1. The maximum atomic E-state index is 13.3. The first-order valence-corrected chi connectivity index (χ1v) is 10.5. The van der Waals surface area contributed by atoms with Crippen LogP contribution < -0.4 is 10.5 Å². The van der Waals surface area contributed by atoms with Crippen molar-refractivity contribution < 1.29 is 14.3 Å². The van der Waals surface area contributed by atoms with Crippen LogP contribution in [0.1, 0.15) is 18.9 Å². The van der Waals surface area contributed by atoms with Gasteiger partial charge in [-0.25, -0.2) is 0 Å². The number of hydrogen-bond acceptors (Lipinski definition) is 4. The number of primary amides is 1. The monoisotopic (exact) mass is 409 g/mol. The highest BCUT2D eigenvalue weighted by Crippen LogP contribution is 2.33. The Morgan fingerprint density at radius 2 is 1.80 bits per heavy atom. The summed E-state index contributed by atoms with van der Waals surface area (Å²) in [4.78, 5) is 28.7. The lowest BCUT2D eigenvalue weighted by Crippen LogP contribution is -2.38. The number of para-hydroxylation sites is 1. The standard InChI is InChI=1S/C24H31N3O3/c1-3-12-27-14-13-26(17-23(25)28)16-19(24(27)29)15-18-8-4-5-9-20(18)21-10-6-7-11-22(21)30-2/h4-11,19H,3,12-17H2,1-2H3,(H2,25,28). The third-order valence-electron chi connectivity index (χ3n) is 5.58. The molecule has 0 bridgehead atoms. The Morgan fingerprint density at radius 1 is 1.10 bits per heavy atom. The minimum absolute atomic E-state index is 0.152. The first-order chi connectivity index (χ1) is 14.5. The highest BCUT2D eigenvalue weighted by molar-refractivity contribution is 5.81. The maximum absolute atomic E-state index is 13.3. The molecule has 6 nitrogen and oxygen atoms in total. The number of nitrogens with zero attached hydrogens (tertiary/aromatic N) is 2. The summed E-state index contributed by atoms with van der Waals surface area (Å²) in [7, 11) is 1.67. The molecule has 3 rings (SSSR count). The lowest BCUT2D eigenvalue weighted by atomic mass is 9.91. The molecule has 1 saturated heterocycles. The van der Waals surface area contributed by atoms with Gasteiger partial charge in [0.2, 0.25) is 11.8 Å². The zero-order valence-corrected chi connectivity index (χ0v) is 17.8. The van der Waals surface area contributed by atoms with Gasteiger partial charge in [-0.15, -0.1) is 0 Å². The molecule has 0 aliphatic carbocycles. The predicted octanol–water partition coefficient (Wildman–Crippen LogP) is 2.56. The van der Waals surface area contributed by atoms with E-state index in [0.29, 0.717) is 26.1 Å². The molecule has 1 aliphatic rings. The van der Waals surface area contributed by atoms with Crippen LogP contribution in [0.5, 0.6) is 5.75 Å². The number of carbonyl (C=O) groups excluding carboxylic acids is 2. The highest BCUT2D eigenvalue weighted by Gasteiger charge is 2.31. The Kier molecular flexibility index (Phi) is 7.46. The summed E-state index contributed by atoms with van der Waals surface area (Å²) in [5, 5.41) is 0. The van der Waals surface area contributed by atoms with E-state index in [0.717, 1.165) is 35.4 Å². The van der Waals surface area contributed by atoms with Crippen LogP contribution in [0.3, 0.4) is 0 Å². The van der Waals surface area contributed by atoms with E-state index in [2.05, 4.69) is 19.1 Å². The highest BCUT2D eigenvalue weighted by atomic mass is 16.5. The Labute approximate surface area is 178 Å². The van der Waals surface area contributed by atoms with Gasteiger partial charge in [0.25, 0.3) is 0 Å². The second-order valence-electron chi connectivity index (χ2n) is 7.79. The Balaban J connectivity index is 1.92. The van der Waals surface area contributed by atoms with Crippen LogP contribution in [-0.2, 0) is 16.0 Å². The van der Waals surface area contributed by atoms with Gasteiger partial charge in [0.15, 0.2) is 0 Å². The van der Waals surface area contributed by atoms with Crippen LogP contribution in [0, 0.1) is 5.92 Å². The fourth-order valence-electron chi connectivity index (χ4n) is 4.21. The number of carbonyl (C=O) groups is 2. The zero-order chi connectivity index (χ0) is 21.5. The number of ether oxygens (including phenoxy) is 1. The molecule has 2 amide bonds. The molecule has 0 aromatic heterocycles. The first-order valence-electron chi connectivity index (χ1n) is 10.5. The molecule has 6 heteroatoms. The molecule has 0 saturated carbocycles. The van der Waals surface area contributed by atoms with Gasteiger partial charge in [0.1, 0.15) is 5.75 Å². The van der Waals surface area contributed by atoms with Crippen molar-refractivity contribution in [2.24, 2.45) is 11.7 Å². The number of methoxy groups -OCH3 is 1. The molecular weight excluding hydrogens is 378 g/mol. The van der Waals surface area contributed by atoms with Gasteiger partial charge < -0.3 is 15.4 Å². The minimum Gasteiger partial charge on any atom is -0.496 e. The van der Waals surface area contributed by atoms with Gasteiger partial charge in [0, 0.05) is 31.7 Å². The van der Waals surface area contributed by atoms with Crippen molar-refractivity contribution in [3.05, 3.63) is 54.1 Å². The van der Waals surface area contributed by atoms with Gasteiger partial charge in [0.05, 0.1) is 19.6 Å². The second-order valence-corrected chi connectivity index (χ2v) is 7.79. The molecule has 2 aromatic rings. The van der Waals surface area contributed by atoms with Crippen molar-refractivity contribution in [2.45, 2.75) is 19.8 Å². The van der Waals surface area contributed by atoms with E-state index in [4.69, 9.17) is 10.5 Å². The molecule has 0 spiro atoms. The van der Waals surface area contributed by atoms with E-state index in [1.807, 2.05) is 46.2 Å².